The van der Waals surface area contributed by atoms with Gasteiger partial charge in [0.25, 0.3) is 5.91 Å². The lowest BCUT2D eigenvalue weighted by Crippen LogP contribution is -2.31. The molecule has 8 heteroatoms. The van der Waals surface area contributed by atoms with E-state index in [1.54, 1.807) is 22.2 Å². The molecule has 1 atom stereocenters. The molecular weight excluding hydrogens is 280 g/mol. The van der Waals surface area contributed by atoms with Crippen LogP contribution in [0.25, 0.3) is 0 Å². The Balaban J connectivity index is 1.91. The number of nitrogens with one attached hydrogen (secondary N) is 1. The number of aromatic nitrogens is 3. The van der Waals surface area contributed by atoms with Crippen LogP contribution in [0.2, 0.25) is 0 Å². The van der Waals surface area contributed by atoms with Crippen LogP contribution in [0, 0.1) is 5.92 Å². The van der Waals surface area contributed by atoms with E-state index < -0.39 is 17.8 Å². The molecule has 0 aromatic carbocycles. The lowest BCUT2D eigenvalue weighted by molar-refractivity contribution is -0.140. The van der Waals surface area contributed by atoms with E-state index in [1.165, 1.54) is 6.92 Å². The first kappa shape index (κ1) is 14.2. The second-order valence-corrected chi connectivity index (χ2v) is 5.36. The molecule has 106 valence electrons. The third-order valence-corrected chi connectivity index (χ3v) is 3.52. The lowest BCUT2D eigenvalue weighted by atomic mass is 10.2. The highest BCUT2D eigenvalue weighted by Gasteiger charge is 2.15. The van der Waals surface area contributed by atoms with E-state index in [9.17, 15) is 9.59 Å². The molecule has 0 radical (unpaired) electrons. The maximum atomic E-state index is 11.8. The molecule has 2 N–H and O–H groups in total. The minimum absolute atomic E-state index is 0.0615. The highest BCUT2D eigenvalue weighted by molar-refractivity contribution is 7.09. The van der Waals surface area contributed by atoms with Crippen molar-refractivity contribution in [1.29, 1.82) is 0 Å². The number of carbonyl (C=O) groups excluding carboxylic acids is 1. The van der Waals surface area contributed by atoms with Crippen LogP contribution in [0.15, 0.2) is 23.7 Å². The maximum absolute atomic E-state index is 11.8. The molecule has 0 bridgehead atoms. The van der Waals surface area contributed by atoms with Gasteiger partial charge in [0.2, 0.25) is 0 Å². The van der Waals surface area contributed by atoms with E-state index >= 15 is 0 Å². The summed E-state index contributed by atoms with van der Waals surface area (Å²) in [7, 11) is 0. The van der Waals surface area contributed by atoms with E-state index in [0.717, 1.165) is 4.88 Å². The molecule has 2 rings (SSSR count). The summed E-state index contributed by atoms with van der Waals surface area (Å²) in [6.07, 6.45) is 1.54. The summed E-state index contributed by atoms with van der Waals surface area (Å²) in [6, 6.07) is 3.92. The first-order valence-corrected chi connectivity index (χ1v) is 6.87. The van der Waals surface area contributed by atoms with Gasteiger partial charge in [0.05, 0.1) is 18.7 Å². The molecular formula is C12H14N4O3S. The number of aliphatic carboxylic acids is 1. The van der Waals surface area contributed by atoms with Gasteiger partial charge in [-0.05, 0) is 11.4 Å². The van der Waals surface area contributed by atoms with E-state index in [2.05, 4.69) is 15.6 Å². The molecule has 0 fully saturated rings. The van der Waals surface area contributed by atoms with Crippen molar-refractivity contribution < 1.29 is 14.7 Å². The molecule has 2 aromatic rings. The van der Waals surface area contributed by atoms with Gasteiger partial charge in [-0.15, -0.1) is 16.4 Å². The van der Waals surface area contributed by atoms with E-state index in [-0.39, 0.29) is 12.2 Å². The molecule has 20 heavy (non-hydrogen) atoms. The van der Waals surface area contributed by atoms with Crippen LogP contribution in [0.5, 0.6) is 0 Å². The fourth-order valence-electron chi connectivity index (χ4n) is 1.47. The minimum atomic E-state index is -0.952. The van der Waals surface area contributed by atoms with Crippen LogP contribution in [-0.2, 0) is 11.3 Å². The largest absolute Gasteiger partial charge is 0.481 e. The summed E-state index contributed by atoms with van der Waals surface area (Å²) in [6.45, 7) is 2.14. The Morgan fingerprint density at radius 2 is 2.35 bits per heavy atom. The second kappa shape index (κ2) is 6.29. The lowest BCUT2D eigenvalue weighted by Gasteiger charge is -2.06. The van der Waals surface area contributed by atoms with Crippen LogP contribution >= 0.6 is 11.3 Å². The number of rotatable bonds is 6. The predicted molar refractivity (Wildman–Crippen MR) is 72.6 cm³/mol. The highest BCUT2D eigenvalue weighted by atomic mass is 32.1. The van der Waals surface area contributed by atoms with Crippen molar-refractivity contribution in [1.82, 2.24) is 20.3 Å². The summed E-state index contributed by atoms with van der Waals surface area (Å²) in [5.74, 6) is -2.01. The summed E-state index contributed by atoms with van der Waals surface area (Å²) < 4.78 is 1.57. The molecule has 0 aliphatic heterocycles. The van der Waals surface area contributed by atoms with Crippen molar-refractivity contribution in [2.24, 2.45) is 5.92 Å². The molecule has 0 spiro atoms. The topological polar surface area (TPSA) is 97.1 Å². The highest BCUT2D eigenvalue weighted by Crippen LogP contribution is 2.09. The first-order valence-electron chi connectivity index (χ1n) is 6.00. The summed E-state index contributed by atoms with van der Waals surface area (Å²) in [4.78, 5) is 23.5. The third kappa shape index (κ3) is 3.64. The summed E-state index contributed by atoms with van der Waals surface area (Å²) in [5, 5.41) is 20.9. The Bertz CT molecular complexity index is 594. The maximum Gasteiger partial charge on any atom is 0.308 e. The molecule has 2 aromatic heterocycles. The van der Waals surface area contributed by atoms with Gasteiger partial charge in [-0.1, -0.05) is 18.2 Å². The number of carboxylic acids is 1. The Labute approximate surface area is 119 Å². The molecule has 1 unspecified atom stereocenters. The average Bonchev–Trinajstić information content (AvgIpc) is 3.07. The monoisotopic (exact) mass is 294 g/mol. The van der Waals surface area contributed by atoms with Gasteiger partial charge in [-0.3, -0.25) is 9.59 Å². The smallest absolute Gasteiger partial charge is 0.308 e. The van der Waals surface area contributed by atoms with E-state index in [4.69, 9.17) is 5.11 Å². The van der Waals surface area contributed by atoms with Crippen molar-refractivity contribution in [3.05, 3.63) is 34.3 Å². The zero-order valence-corrected chi connectivity index (χ0v) is 11.6. The van der Waals surface area contributed by atoms with Crippen LogP contribution in [0.1, 0.15) is 22.3 Å². The second-order valence-electron chi connectivity index (χ2n) is 4.33. The average molecular weight is 294 g/mol. The van der Waals surface area contributed by atoms with Gasteiger partial charge in [0.1, 0.15) is 0 Å². The molecule has 0 saturated carbocycles. The normalized spacial score (nSPS) is 12.1. The third-order valence-electron chi connectivity index (χ3n) is 2.66. The quantitative estimate of drug-likeness (QED) is 0.822. The Morgan fingerprint density at radius 1 is 1.55 bits per heavy atom. The van der Waals surface area contributed by atoms with Gasteiger partial charge in [0, 0.05) is 11.4 Å². The Kier molecular flexibility index (Phi) is 4.46. The van der Waals surface area contributed by atoms with Crippen LogP contribution < -0.4 is 5.32 Å². The standard InChI is InChI=1S/C12H14N4O3S/c1-8(12(18)19)5-13-11(17)10-7-16(15-14-10)6-9-3-2-4-20-9/h2-4,7-8H,5-6H2,1H3,(H,13,17)(H,18,19). The SMILES string of the molecule is CC(CNC(=O)c1cn(Cc2cccs2)nn1)C(=O)O. The van der Waals surface area contributed by atoms with Gasteiger partial charge in [0.15, 0.2) is 5.69 Å². The van der Waals surface area contributed by atoms with Crippen molar-refractivity contribution in [2.45, 2.75) is 13.5 Å². The number of hydrogen-bond acceptors (Lipinski definition) is 5. The number of thiophene rings is 1. The van der Waals surface area contributed by atoms with E-state index in [1.807, 2.05) is 17.5 Å². The summed E-state index contributed by atoms with van der Waals surface area (Å²) in [5.41, 5.74) is 0.180. The fraction of sp³-hybridized carbons (Fsp3) is 0.333. The Morgan fingerprint density at radius 3 is 3.00 bits per heavy atom. The summed E-state index contributed by atoms with van der Waals surface area (Å²) >= 11 is 1.60. The number of hydrogen-bond donors (Lipinski definition) is 2. The van der Waals surface area contributed by atoms with Crippen molar-refractivity contribution >= 4 is 23.2 Å². The number of carbonyl (C=O) groups is 2. The molecule has 2 heterocycles. The zero-order valence-electron chi connectivity index (χ0n) is 10.8. The van der Waals surface area contributed by atoms with Gasteiger partial charge in [-0.25, -0.2) is 4.68 Å². The van der Waals surface area contributed by atoms with Crippen molar-refractivity contribution in [3.63, 3.8) is 0 Å². The zero-order chi connectivity index (χ0) is 14.5. The molecule has 7 nitrogen and oxygen atoms in total. The number of nitrogens with zero attached hydrogens (tertiary/aromatic N) is 3. The van der Waals surface area contributed by atoms with Gasteiger partial charge >= 0.3 is 5.97 Å². The molecule has 1 amide bonds. The molecule has 0 aliphatic rings. The number of carboxylic acid groups (broad SMARTS) is 1. The van der Waals surface area contributed by atoms with Crippen LogP contribution in [-0.4, -0.2) is 38.5 Å². The molecule has 0 saturated heterocycles. The first-order chi connectivity index (χ1) is 9.56. The molecule has 0 aliphatic carbocycles. The Hall–Kier alpha value is -2.22. The number of amides is 1. The predicted octanol–water partition coefficient (Wildman–Crippen LogP) is 0.838. The van der Waals surface area contributed by atoms with Crippen LogP contribution in [0.3, 0.4) is 0 Å². The fourth-order valence-corrected chi connectivity index (χ4v) is 2.16. The van der Waals surface area contributed by atoms with Crippen molar-refractivity contribution in [2.75, 3.05) is 6.54 Å². The van der Waals surface area contributed by atoms with Gasteiger partial charge < -0.3 is 10.4 Å². The van der Waals surface area contributed by atoms with Crippen LogP contribution in [0.4, 0.5) is 0 Å². The van der Waals surface area contributed by atoms with Gasteiger partial charge in [-0.2, -0.15) is 0 Å². The van der Waals surface area contributed by atoms with Crippen molar-refractivity contribution in [3.8, 4) is 0 Å². The minimum Gasteiger partial charge on any atom is -0.481 e. The van der Waals surface area contributed by atoms with E-state index in [0.29, 0.717) is 6.54 Å².